The first-order valence-corrected chi connectivity index (χ1v) is 7.13. The summed E-state index contributed by atoms with van der Waals surface area (Å²) in [4.78, 5) is 11.8. The first-order valence-electron chi connectivity index (χ1n) is 6.34. The second-order valence-electron chi connectivity index (χ2n) is 4.29. The van der Waals surface area contributed by atoms with Gasteiger partial charge in [-0.25, -0.2) is 4.79 Å². The number of halogens is 1. The molecule has 5 heteroatoms. The fourth-order valence-electron chi connectivity index (χ4n) is 2.00. The number of ether oxygens (including phenoxy) is 1. The van der Waals surface area contributed by atoms with Gasteiger partial charge in [0.15, 0.2) is 0 Å². The minimum Gasteiger partial charge on any atom is -0.462 e. The van der Waals surface area contributed by atoms with E-state index in [-0.39, 0.29) is 23.4 Å². The summed E-state index contributed by atoms with van der Waals surface area (Å²) >= 11 is 3.37. The molecule has 0 amide bonds. The van der Waals surface area contributed by atoms with E-state index in [1.54, 1.807) is 19.1 Å². The molecular weight excluding hydrogens is 332 g/mol. The lowest BCUT2D eigenvalue weighted by atomic mass is 9.96. The van der Waals surface area contributed by atoms with Crippen molar-refractivity contribution in [2.75, 3.05) is 12.3 Å². The molecule has 21 heavy (non-hydrogen) atoms. The van der Waals surface area contributed by atoms with E-state index >= 15 is 0 Å². The summed E-state index contributed by atoms with van der Waals surface area (Å²) in [6.45, 7) is 1.98. The molecule has 0 saturated heterocycles. The topological polar surface area (TPSA) is 76.1 Å². The van der Waals surface area contributed by atoms with Crippen molar-refractivity contribution in [2.45, 2.75) is 6.92 Å². The van der Waals surface area contributed by atoms with Gasteiger partial charge in [0, 0.05) is 10.0 Å². The Bertz CT molecular complexity index is 718. The number of anilines is 1. The first-order chi connectivity index (χ1) is 10.1. The van der Waals surface area contributed by atoms with Crippen LogP contribution in [0, 0.1) is 11.3 Å². The number of hydrogen-bond acceptors (Lipinski definition) is 4. The zero-order valence-corrected chi connectivity index (χ0v) is 13.0. The molecule has 0 fully saturated rings. The summed E-state index contributed by atoms with van der Waals surface area (Å²) in [6, 6.07) is 12.9. The summed E-state index contributed by atoms with van der Waals surface area (Å²) in [6.07, 6.45) is 0. The maximum atomic E-state index is 11.8. The van der Waals surface area contributed by atoms with Gasteiger partial charge in [0.2, 0.25) is 0 Å². The van der Waals surface area contributed by atoms with E-state index in [0.717, 1.165) is 10.0 Å². The Balaban J connectivity index is 2.55. The quantitative estimate of drug-likeness (QED) is 0.679. The summed E-state index contributed by atoms with van der Waals surface area (Å²) in [5.41, 5.74) is 8.16. The second kappa shape index (κ2) is 6.42. The molecule has 0 radical (unpaired) electrons. The lowest BCUT2D eigenvalue weighted by molar-refractivity contribution is 0.0527. The molecule has 2 aromatic carbocycles. The zero-order valence-electron chi connectivity index (χ0n) is 11.4. The monoisotopic (exact) mass is 344 g/mol. The Hall–Kier alpha value is -2.32. The molecule has 2 aromatic rings. The zero-order chi connectivity index (χ0) is 15.4. The number of benzene rings is 2. The average Bonchev–Trinajstić information content (AvgIpc) is 2.48. The van der Waals surface area contributed by atoms with Crippen LogP contribution in [0.1, 0.15) is 22.8 Å². The Kier molecular flexibility index (Phi) is 4.61. The third-order valence-electron chi connectivity index (χ3n) is 3.01. The number of carbonyl (C=O) groups is 1. The molecule has 106 valence electrons. The number of nitrogens with zero attached hydrogens (tertiary/aromatic N) is 1. The molecule has 0 aliphatic heterocycles. The van der Waals surface area contributed by atoms with Gasteiger partial charge in [-0.1, -0.05) is 34.1 Å². The van der Waals surface area contributed by atoms with E-state index in [2.05, 4.69) is 22.0 Å². The smallest absolute Gasteiger partial charge is 0.340 e. The Labute approximate surface area is 131 Å². The van der Waals surface area contributed by atoms with Crippen LogP contribution in [0.3, 0.4) is 0 Å². The summed E-state index contributed by atoms with van der Waals surface area (Å²) in [7, 11) is 0. The minimum absolute atomic E-state index is 0.149. The van der Waals surface area contributed by atoms with Crippen LogP contribution >= 0.6 is 15.9 Å². The SMILES string of the molecule is CCOC(=O)c1ccc(-c2ccc(Br)cc2)c(C#N)c1N. The average molecular weight is 345 g/mol. The van der Waals surface area contributed by atoms with E-state index in [9.17, 15) is 10.1 Å². The van der Waals surface area contributed by atoms with E-state index in [4.69, 9.17) is 10.5 Å². The van der Waals surface area contributed by atoms with E-state index in [1.807, 2.05) is 24.3 Å². The molecule has 0 unspecified atom stereocenters. The maximum Gasteiger partial charge on any atom is 0.340 e. The van der Waals surface area contributed by atoms with Crippen molar-refractivity contribution in [1.29, 1.82) is 5.26 Å². The van der Waals surface area contributed by atoms with Crippen LogP contribution in [-0.4, -0.2) is 12.6 Å². The van der Waals surface area contributed by atoms with Gasteiger partial charge in [0.25, 0.3) is 0 Å². The van der Waals surface area contributed by atoms with Gasteiger partial charge in [0.05, 0.1) is 23.4 Å². The predicted molar refractivity (Wildman–Crippen MR) is 84.7 cm³/mol. The van der Waals surface area contributed by atoms with Crippen LogP contribution in [0.15, 0.2) is 40.9 Å². The van der Waals surface area contributed by atoms with Crippen molar-refractivity contribution in [3.63, 3.8) is 0 Å². The van der Waals surface area contributed by atoms with E-state index < -0.39 is 5.97 Å². The Morgan fingerprint density at radius 3 is 2.52 bits per heavy atom. The fraction of sp³-hybridized carbons (Fsp3) is 0.125. The highest BCUT2D eigenvalue weighted by Crippen LogP contribution is 2.31. The van der Waals surface area contributed by atoms with Crippen LogP contribution in [0.4, 0.5) is 5.69 Å². The van der Waals surface area contributed by atoms with Crippen molar-refractivity contribution in [2.24, 2.45) is 0 Å². The highest BCUT2D eigenvalue weighted by atomic mass is 79.9. The predicted octanol–water partition coefficient (Wildman–Crippen LogP) is 3.75. The third-order valence-corrected chi connectivity index (χ3v) is 3.54. The third kappa shape index (κ3) is 3.06. The molecule has 0 bridgehead atoms. The van der Waals surface area contributed by atoms with Crippen molar-refractivity contribution < 1.29 is 9.53 Å². The summed E-state index contributed by atoms with van der Waals surface area (Å²) in [5.74, 6) is -0.520. The van der Waals surface area contributed by atoms with Gasteiger partial charge in [-0.2, -0.15) is 5.26 Å². The highest BCUT2D eigenvalue weighted by Gasteiger charge is 2.17. The van der Waals surface area contributed by atoms with Gasteiger partial charge in [-0.05, 0) is 30.7 Å². The van der Waals surface area contributed by atoms with Gasteiger partial charge in [-0.15, -0.1) is 0 Å². The number of nitrogens with two attached hydrogens (primary N) is 1. The summed E-state index contributed by atoms with van der Waals surface area (Å²) < 4.78 is 5.88. The lowest BCUT2D eigenvalue weighted by Crippen LogP contribution is -2.09. The molecule has 4 nitrogen and oxygen atoms in total. The normalized spacial score (nSPS) is 9.95. The number of nitriles is 1. The fourth-order valence-corrected chi connectivity index (χ4v) is 2.26. The number of nitrogen functional groups attached to an aromatic ring is 1. The van der Waals surface area contributed by atoms with Gasteiger partial charge in [0.1, 0.15) is 6.07 Å². The van der Waals surface area contributed by atoms with Gasteiger partial charge in [-0.3, -0.25) is 0 Å². The molecule has 0 atom stereocenters. The summed E-state index contributed by atoms with van der Waals surface area (Å²) in [5, 5.41) is 9.36. The van der Waals surface area contributed by atoms with E-state index in [0.29, 0.717) is 5.56 Å². The molecule has 2 N–H and O–H groups in total. The van der Waals surface area contributed by atoms with Crippen molar-refractivity contribution in [3.05, 3.63) is 52.0 Å². The van der Waals surface area contributed by atoms with E-state index in [1.165, 1.54) is 0 Å². The van der Waals surface area contributed by atoms with Crippen molar-refractivity contribution in [3.8, 4) is 17.2 Å². The van der Waals surface area contributed by atoms with Gasteiger partial charge < -0.3 is 10.5 Å². The standard InChI is InChI=1S/C16H13BrN2O2/c1-2-21-16(20)13-8-7-12(14(9-18)15(13)19)10-3-5-11(17)6-4-10/h3-8H,2,19H2,1H3. The number of esters is 1. The number of carbonyl (C=O) groups excluding carboxylic acids is 1. The van der Waals surface area contributed by atoms with Crippen LogP contribution < -0.4 is 5.73 Å². The van der Waals surface area contributed by atoms with Crippen LogP contribution in [0.2, 0.25) is 0 Å². The Morgan fingerprint density at radius 1 is 1.29 bits per heavy atom. The lowest BCUT2D eigenvalue weighted by Gasteiger charge is -2.11. The number of hydrogen-bond donors (Lipinski definition) is 1. The molecular formula is C16H13BrN2O2. The van der Waals surface area contributed by atoms with Crippen molar-refractivity contribution >= 4 is 27.6 Å². The molecule has 0 saturated carbocycles. The molecule has 0 aliphatic carbocycles. The van der Waals surface area contributed by atoms with Crippen LogP contribution in [-0.2, 0) is 4.74 Å². The Morgan fingerprint density at radius 2 is 1.95 bits per heavy atom. The number of rotatable bonds is 3. The maximum absolute atomic E-state index is 11.8. The largest absolute Gasteiger partial charge is 0.462 e. The van der Waals surface area contributed by atoms with Crippen LogP contribution in [0.25, 0.3) is 11.1 Å². The molecule has 2 rings (SSSR count). The molecule has 0 heterocycles. The molecule has 0 spiro atoms. The second-order valence-corrected chi connectivity index (χ2v) is 5.20. The van der Waals surface area contributed by atoms with Crippen molar-refractivity contribution in [1.82, 2.24) is 0 Å². The molecule has 0 aliphatic rings. The molecule has 0 aromatic heterocycles. The first kappa shape index (κ1) is 15.1. The minimum atomic E-state index is -0.520. The van der Waals surface area contributed by atoms with Gasteiger partial charge >= 0.3 is 5.97 Å². The highest BCUT2D eigenvalue weighted by molar-refractivity contribution is 9.10. The van der Waals surface area contributed by atoms with Crippen LogP contribution in [0.5, 0.6) is 0 Å².